The zero-order chi connectivity index (χ0) is 14.2. The largest absolute Gasteiger partial charge is 0.491 e. The van der Waals surface area contributed by atoms with Gasteiger partial charge in [-0.25, -0.2) is 0 Å². The average Bonchev–Trinajstić information content (AvgIpc) is 2.74. The molecule has 1 fully saturated rings. The standard InChI is InChI=1S/C16H26N2O2/c1-2-14-4-6-16(7-5-14)20-13-15(19)12-18-10-3-8-17-9-11-18/h4-7,15,17,19H,2-3,8-13H2,1H3. The van der Waals surface area contributed by atoms with E-state index in [-0.39, 0.29) is 0 Å². The van der Waals surface area contributed by atoms with E-state index in [1.54, 1.807) is 0 Å². The molecule has 2 N–H and O–H groups in total. The Morgan fingerprint density at radius 2 is 2.05 bits per heavy atom. The van der Waals surface area contributed by atoms with Crippen molar-refractivity contribution in [1.82, 2.24) is 10.2 Å². The normalized spacial score (nSPS) is 18.5. The first kappa shape index (κ1) is 15.3. The quantitative estimate of drug-likeness (QED) is 0.823. The molecular weight excluding hydrogens is 252 g/mol. The van der Waals surface area contributed by atoms with Crippen molar-refractivity contribution >= 4 is 0 Å². The summed E-state index contributed by atoms with van der Waals surface area (Å²) in [4.78, 5) is 2.30. The molecule has 1 unspecified atom stereocenters. The highest BCUT2D eigenvalue weighted by atomic mass is 16.5. The first-order valence-corrected chi connectivity index (χ1v) is 7.61. The summed E-state index contributed by atoms with van der Waals surface area (Å²) >= 11 is 0. The van der Waals surface area contributed by atoms with Crippen LogP contribution >= 0.6 is 0 Å². The van der Waals surface area contributed by atoms with Gasteiger partial charge in [0.1, 0.15) is 18.5 Å². The van der Waals surface area contributed by atoms with Gasteiger partial charge in [-0.15, -0.1) is 0 Å². The molecule has 0 radical (unpaired) electrons. The highest BCUT2D eigenvalue weighted by Gasteiger charge is 2.13. The number of nitrogens with one attached hydrogen (secondary N) is 1. The van der Waals surface area contributed by atoms with Crippen molar-refractivity contribution in [3.05, 3.63) is 29.8 Å². The average molecular weight is 278 g/mol. The molecule has 0 aromatic heterocycles. The van der Waals surface area contributed by atoms with E-state index in [0.717, 1.165) is 44.8 Å². The van der Waals surface area contributed by atoms with E-state index in [1.165, 1.54) is 5.56 Å². The van der Waals surface area contributed by atoms with E-state index in [9.17, 15) is 5.11 Å². The second-order valence-electron chi connectivity index (χ2n) is 5.37. The molecule has 4 heteroatoms. The van der Waals surface area contributed by atoms with E-state index >= 15 is 0 Å². The number of hydrogen-bond donors (Lipinski definition) is 2. The molecule has 0 spiro atoms. The van der Waals surface area contributed by atoms with Gasteiger partial charge in [-0.2, -0.15) is 0 Å². The van der Waals surface area contributed by atoms with Gasteiger partial charge in [0.25, 0.3) is 0 Å². The first-order valence-electron chi connectivity index (χ1n) is 7.61. The molecule has 1 aliphatic heterocycles. The maximum absolute atomic E-state index is 10.1. The fraction of sp³-hybridized carbons (Fsp3) is 0.625. The van der Waals surface area contributed by atoms with Crippen molar-refractivity contribution in [2.24, 2.45) is 0 Å². The number of β-amino-alcohol motifs (C(OH)–C–C–N with tert-alkyl or cyclic N) is 1. The fourth-order valence-electron chi connectivity index (χ4n) is 2.45. The highest BCUT2D eigenvalue weighted by Crippen LogP contribution is 2.13. The van der Waals surface area contributed by atoms with Gasteiger partial charge in [0.2, 0.25) is 0 Å². The maximum Gasteiger partial charge on any atom is 0.119 e. The van der Waals surface area contributed by atoms with Crippen molar-refractivity contribution in [2.75, 3.05) is 39.3 Å². The van der Waals surface area contributed by atoms with Crippen LogP contribution in [0.15, 0.2) is 24.3 Å². The van der Waals surface area contributed by atoms with E-state index in [2.05, 4.69) is 29.3 Å². The summed E-state index contributed by atoms with van der Waals surface area (Å²) in [5.74, 6) is 0.832. The Hall–Kier alpha value is -1.10. The van der Waals surface area contributed by atoms with Gasteiger partial charge in [-0.05, 0) is 43.6 Å². The second kappa shape index (κ2) is 8.25. The number of aliphatic hydroxyl groups excluding tert-OH is 1. The van der Waals surface area contributed by atoms with Crippen molar-refractivity contribution in [1.29, 1.82) is 0 Å². The maximum atomic E-state index is 10.1. The Bertz CT molecular complexity index is 373. The molecule has 0 amide bonds. The van der Waals surface area contributed by atoms with Crippen molar-refractivity contribution in [3.8, 4) is 5.75 Å². The van der Waals surface area contributed by atoms with Gasteiger partial charge < -0.3 is 15.2 Å². The van der Waals surface area contributed by atoms with Crippen LogP contribution in [-0.4, -0.2) is 55.4 Å². The number of benzene rings is 1. The predicted molar refractivity (Wildman–Crippen MR) is 81.2 cm³/mol. The molecule has 1 aliphatic rings. The minimum Gasteiger partial charge on any atom is -0.491 e. The summed E-state index contributed by atoms with van der Waals surface area (Å²) in [6.45, 7) is 7.32. The summed E-state index contributed by atoms with van der Waals surface area (Å²) in [6.07, 6.45) is 1.75. The van der Waals surface area contributed by atoms with Crippen molar-refractivity contribution < 1.29 is 9.84 Å². The van der Waals surface area contributed by atoms with Crippen LogP contribution in [0.1, 0.15) is 18.9 Å². The zero-order valence-corrected chi connectivity index (χ0v) is 12.3. The van der Waals surface area contributed by atoms with Gasteiger partial charge >= 0.3 is 0 Å². The lowest BCUT2D eigenvalue weighted by molar-refractivity contribution is 0.0703. The number of ether oxygens (including phenoxy) is 1. The SMILES string of the molecule is CCc1ccc(OCC(O)CN2CCCNCC2)cc1. The second-order valence-corrected chi connectivity index (χ2v) is 5.37. The van der Waals surface area contributed by atoms with Gasteiger partial charge in [-0.3, -0.25) is 4.90 Å². The van der Waals surface area contributed by atoms with Crippen molar-refractivity contribution in [3.63, 3.8) is 0 Å². The van der Waals surface area contributed by atoms with Crippen molar-refractivity contribution in [2.45, 2.75) is 25.9 Å². The molecule has 0 bridgehead atoms. The molecule has 0 aliphatic carbocycles. The molecule has 0 saturated carbocycles. The number of rotatable bonds is 6. The molecule has 1 aromatic carbocycles. The number of aliphatic hydroxyl groups is 1. The van der Waals surface area contributed by atoms with E-state index in [0.29, 0.717) is 13.2 Å². The summed E-state index contributed by atoms with van der Waals surface area (Å²) in [5, 5.41) is 13.4. The molecule has 2 rings (SSSR count). The van der Waals surface area contributed by atoms with E-state index < -0.39 is 6.10 Å². The number of hydrogen-bond acceptors (Lipinski definition) is 4. The predicted octanol–water partition coefficient (Wildman–Crippen LogP) is 1.28. The molecule has 1 saturated heterocycles. The summed E-state index contributed by atoms with van der Waals surface area (Å²) < 4.78 is 5.65. The minimum absolute atomic E-state index is 0.357. The molecule has 20 heavy (non-hydrogen) atoms. The highest BCUT2D eigenvalue weighted by molar-refractivity contribution is 5.27. The molecule has 1 atom stereocenters. The van der Waals surface area contributed by atoms with Crippen LogP contribution in [0.5, 0.6) is 5.75 Å². The van der Waals surface area contributed by atoms with Crippen LogP contribution in [-0.2, 0) is 6.42 Å². The fourth-order valence-corrected chi connectivity index (χ4v) is 2.45. The smallest absolute Gasteiger partial charge is 0.119 e. The molecule has 1 aromatic rings. The van der Waals surface area contributed by atoms with Crippen LogP contribution < -0.4 is 10.1 Å². The van der Waals surface area contributed by atoms with Gasteiger partial charge in [0.15, 0.2) is 0 Å². The molecule has 1 heterocycles. The third kappa shape index (κ3) is 5.12. The summed E-state index contributed by atoms with van der Waals surface area (Å²) in [5.41, 5.74) is 1.30. The lowest BCUT2D eigenvalue weighted by Gasteiger charge is -2.23. The third-order valence-electron chi connectivity index (χ3n) is 3.68. The van der Waals surface area contributed by atoms with E-state index in [1.807, 2.05) is 12.1 Å². The lowest BCUT2D eigenvalue weighted by atomic mass is 10.2. The van der Waals surface area contributed by atoms with Crippen LogP contribution in [0, 0.1) is 0 Å². The summed E-state index contributed by atoms with van der Waals surface area (Å²) in [6, 6.07) is 8.09. The van der Waals surface area contributed by atoms with Crippen LogP contribution in [0.4, 0.5) is 0 Å². The van der Waals surface area contributed by atoms with Gasteiger partial charge in [-0.1, -0.05) is 19.1 Å². The van der Waals surface area contributed by atoms with Gasteiger partial charge in [0.05, 0.1) is 0 Å². The lowest BCUT2D eigenvalue weighted by Crippen LogP contribution is -2.37. The number of aryl methyl sites for hydroxylation is 1. The molecule has 4 nitrogen and oxygen atoms in total. The van der Waals surface area contributed by atoms with E-state index in [4.69, 9.17) is 4.74 Å². The van der Waals surface area contributed by atoms with Crippen LogP contribution in [0.3, 0.4) is 0 Å². The Labute approximate surface area is 121 Å². The Morgan fingerprint density at radius 1 is 1.25 bits per heavy atom. The Balaban J connectivity index is 1.71. The molecule has 112 valence electrons. The third-order valence-corrected chi connectivity index (χ3v) is 3.68. The topological polar surface area (TPSA) is 44.7 Å². The monoisotopic (exact) mass is 278 g/mol. The van der Waals surface area contributed by atoms with Crippen LogP contribution in [0.2, 0.25) is 0 Å². The summed E-state index contributed by atoms with van der Waals surface area (Å²) in [7, 11) is 0. The Kier molecular flexibility index (Phi) is 6.30. The molecular formula is C16H26N2O2. The van der Waals surface area contributed by atoms with Crippen LogP contribution in [0.25, 0.3) is 0 Å². The van der Waals surface area contributed by atoms with Gasteiger partial charge in [0, 0.05) is 19.6 Å². The zero-order valence-electron chi connectivity index (χ0n) is 12.3. The Morgan fingerprint density at radius 3 is 2.80 bits per heavy atom. The first-order chi connectivity index (χ1) is 9.78. The minimum atomic E-state index is -0.432. The number of nitrogens with zero attached hydrogens (tertiary/aromatic N) is 1.